The molecule has 13 heavy (non-hydrogen) atoms. The average molecular weight is 186 g/mol. The van der Waals surface area contributed by atoms with Crippen molar-refractivity contribution in [1.29, 1.82) is 0 Å². The predicted octanol–water partition coefficient (Wildman–Crippen LogP) is -0.580. The quantitative estimate of drug-likeness (QED) is 0.619. The van der Waals surface area contributed by atoms with E-state index in [4.69, 9.17) is 10.8 Å². The Labute approximate surface area is 78.7 Å². The maximum absolute atomic E-state index is 10.9. The van der Waals surface area contributed by atoms with E-state index in [2.05, 4.69) is 6.92 Å². The molecule has 0 aromatic carbocycles. The van der Waals surface area contributed by atoms with Crippen LogP contribution in [0.3, 0.4) is 0 Å². The predicted molar refractivity (Wildman–Crippen MR) is 50.0 cm³/mol. The molecular weight excluding hydrogens is 168 g/mol. The lowest BCUT2D eigenvalue weighted by Gasteiger charge is -2.20. The summed E-state index contributed by atoms with van der Waals surface area (Å²) in [7, 11) is 0. The Morgan fingerprint density at radius 2 is 2.31 bits per heavy atom. The first-order chi connectivity index (χ1) is 6.06. The summed E-state index contributed by atoms with van der Waals surface area (Å²) in [5.41, 5.74) is 5.21. The summed E-state index contributed by atoms with van der Waals surface area (Å²) in [6, 6.07) is -0.209. The van der Waals surface area contributed by atoms with E-state index in [0.717, 1.165) is 13.1 Å². The van der Waals surface area contributed by atoms with Crippen molar-refractivity contribution in [3.63, 3.8) is 0 Å². The molecule has 4 heteroatoms. The molecule has 0 radical (unpaired) electrons. The first-order valence-corrected chi connectivity index (χ1v) is 4.70. The molecule has 4 nitrogen and oxygen atoms in total. The van der Waals surface area contributed by atoms with Crippen LogP contribution < -0.4 is 5.73 Å². The number of hydrogen-bond donors (Lipinski definition) is 2. The second kappa shape index (κ2) is 4.07. The van der Waals surface area contributed by atoms with Crippen LogP contribution in [0.4, 0.5) is 0 Å². The fourth-order valence-corrected chi connectivity index (χ4v) is 1.81. The van der Waals surface area contributed by atoms with Crippen LogP contribution in [0.1, 0.15) is 13.8 Å². The number of carbonyl (C=O) groups excluding carboxylic acids is 1. The van der Waals surface area contributed by atoms with Gasteiger partial charge in [0.25, 0.3) is 0 Å². The first-order valence-electron chi connectivity index (χ1n) is 4.70. The molecule has 1 rings (SSSR count). The van der Waals surface area contributed by atoms with Crippen molar-refractivity contribution in [2.75, 3.05) is 19.7 Å². The van der Waals surface area contributed by atoms with Gasteiger partial charge in [-0.1, -0.05) is 6.92 Å². The zero-order valence-electron chi connectivity index (χ0n) is 8.23. The summed E-state index contributed by atoms with van der Waals surface area (Å²) >= 11 is 0. The van der Waals surface area contributed by atoms with Crippen LogP contribution >= 0.6 is 0 Å². The number of primary amides is 1. The molecule has 3 N–H and O–H groups in total. The summed E-state index contributed by atoms with van der Waals surface area (Å²) in [6.45, 7) is 5.74. The van der Waals surface area contributed by atoms with Crippen LogP contribution in [0.15, 0.2) is 0 Å². The summed E-state index contributed by atoms with van der Waals surface area (Å²) in [4.78, 5) is 12.9. The van der Waals surface area contributed by atoms with Gasteiger partial charge in [0, 0.05) is 19.7 Å². The van der Waals surface area contributed by atoms with Crippen LogP contribution in [0.2, 0.25) is 0 Å². The topological polar surface area (TPSA) is 66.6 Å². The van der Waals surface area contributed by atoms with Gasteiger partial charge in [0.1, 0.15) is 0 Å². The molecule has 1 saturated heterocycles. The molecule has 1 heterocycles. The highest BCUT2D eigenvalue weighted by Crippen LogP contribution is 2.23. The van der Waals surface area contributed by atoms with Crippen LogP contribution in [0.5, 0.6) is 0 Å². The van der Waals surface area contributed by atoms with Crippen LogP contribution in [-0.2, 0) is 4.79 Å². The largest absolute Gasteiger partial charge is 0.396 e. The zero-order valence-corrected chi connectivity index (χ0v) is 8.23. The van der Waals surface area contributed by atoms with Crippen LogP contribution in [0, 0.1) is 11.8 Å². The van der Waals surface area contributed by atoms with Gasteiger partial charge >= 0.3 is 0 Å². The summed E-state index contributed by atoms with van der Waals surface area (Å²) < 4.78 is 0. The smallest absolute Gasteiger partial charge is 0.234 e. The highest BCUT2D eigenvalue weighted by atomic mass is 16.3. The van der Waals surface area contributed by atoms with E-state index < -0.39 is 0 Å². The maximum Gasteiger partial charge on any atom is 0.234 e. The second-order valence-corrected chi connectivity index (χ2v) is 3.95. The van der Waals surface area contributed by atoms with E-state index in [1.165, 1.54) is 0 Å². The lowest BCUT2D eigenvalue weighted by atomic mass is 10.00. The number of hydrogen-bond acceptors (Lipinski definition) is 3. The third-order valence-electron chi connectivity index (χ3n) is 2.99. The summed E-state index contributed by atoms with van der Waals surface area (Å²) in [5.74, 6) is 0.458. The highest BCUT2D eigenvalue weighted by Gasteiger charge is 2.33. The van der Waals surface area contributed by atoms with Gasteiger partial charge < -0.3 is 10.8 Å². The molecule has 3 atom stereocenters. The molecule has 0 aliphatic carbocycles. The van der Waals surface area contributed by atoms with Gasteiger partial charge in [-0.3, -0.25) is 9.69 Å². The minimum atomic E-state index is -0.286. The summed E-state index contributed by atoms with van der Waals surface area (Å²) in [5, 5.41) is 9.03. The molecule has 1 aliphatic heterocycles. The van der Waals surface area contributed by atoms with Gasteiger partial charge in [-0.15, -0.1) is 0 Å². The molecule has 1 amide bonds. The molecule has 0 spiro atoms. The third kappa shape index (κ3) is 2.19. The maximum atomic E-state index is 10.9. The fourth-order valence-electron chi connectivity index (χ4n) is 1.81. The number of nitrogens with zero attached hydrogens (tertiary/aromatic N) is 1. The Balaban J connectivity index is 2.52. The Bertz CT molecular complexity index is 196. The number of nitrogens with two attached hydrogens (primary N) is 1. The number of aliphatic hydroxyl groups is 1. The molecular formula is C9H18N2O2. The second-order valence-electron chi connectivity index (χ2n) is 3.95. The third-order valence-corrected chi connectivity index (χ3v) is 2.99. The van der Waals surface area contributed by atoms with Crippen molar-refractivity contribution in [3.8, 4) is 0 Å². The lowest BCUT2D eigenvalue weighted by molar-refractivity contribution is -0.122. The van der Waals surface area contributed by atoms with Gasteiger partial charge in [-0.25, -0.2) is 0 Å². The number of rotatable bonds is 3. The number of likely N-dealkylation sites (tertiary alicyclic amines) is 1. The van der Waals surface area contributed by atoms with Crippen molar-refractivity contribution < 1.29 is 9.90 Å². The van der Waals surface area contributed by atoms with Crippen molar-refractivity contribution in [2.45, 2.75) is 19.9 Å². The number of aliphatic hydroxyl groups excluding tert-OH is 1. The minimum Gasteiger partial charge on any atom is -0.396 e. The molecule has 1 fully saturated rings. The van der Waals surface area contributed by atoms with Crippen molar-refractivity contribution in [3.05, 3.63) is 0 Å². The molecule has 0 aromatic rings. The molecule has 0 aromatic heterocycles. The van der Waals surface area contributed by atoms with Gasteiger partial charge in [0.2, 0.25) is 5.91 Å². The van der Waals surface area contributed by atoms with Crippen molar-refractivity contribution >= 4 is 5.91 Å². The zero-order chi connectivity index (χ0) is 10.0. The SMILES string of the molecule is CC(C(N)=O)N1C[C@@H](CO)[C@H](C)C1. The fraction of sp³-hybridized carbons (Fsp3) is 0.889. The van der Waals surface area contributed by atoms with E-state index in [-0.39, 0.29) is 18.6 Å². The van der Waals surface area contributed by atoms with E-state index in [9.17, 15) is 4.79 Å². The van der Waals surface area contributed by atoms with E-state index in [1.807, 2.05) is 11.8 Å². The highest BCUT2D eigenvalue weighted by molar-refractivity contribution is 5.79. The van der Waals surface area contributed by atoms with E-state index in [1.54, 1.807) is 0 Å². The van der Waals surface area contributed by atoms with Crippen LogP contribution in [-0.4, -0.2) is 41.7 Å². The van der Waals surface area contributed by atoms with Gasteiger partial charge in [-0.2, -0.15) is 0 Å². The minimum absolute atomic E-state index is 0.198. The first kappa shape index (κ1) is 10.5. The Morgan fingerprint density at radius 1 is 1.69 bits per heavy atom. The molecule has 0 saturated carbocycles. The van der Waals surface area contributed by atoms with E-state index in [0.29, 0.717) is 11.8 Å². The Morgan fingerprint density at radius 3 is 2.69 bits per heavy atom. The van der Waals surface area contributed by atoms with Gasteiger partial charge in [0.05, 0.1) is 6.04 Å². The standard InChI is InChI=1S/C9H18N2O2/c1-6-3-11(4-8(6)5-12)7(2)9(10)13/h6-8,12H,3-5H2,1-2H3,(H2,10,13)/t6-,7?,8+/m1/s1. The molecule has 0 bridgehead atoms. The normalized spacial score (nSPS) is 31.9. The lowest BCUT2D eigenvalue weighted by Crippen LogP contribution is -2.41. The van der Waals surface area contributed by atoms with Crippen molar-refractivity contribution in [2.24, 2.45) is 17.6 Å². The van der Waals surface area contributed by atoms with Gasteiger partial charge in [-0.05, 0) is 18.8 Å². The Kier molecular flexibility index (Phi) is 3.27. The molecule has 1 unspecified atom stereocenters. The van der Waals surface area contributed by atoms with E-state index >= 15 is 0 Å². The molecule has 76 valence electrons. The molecule has 1 aliphatic rings. The number of amides is 1. The van der Waals surface area contributed by atoms with Gasteiger partial charge in [0.15, 0.2) is 0 Å². The summed E-state index contributed by atoms with van der Waals surface area (Å²) in [6.07, 6.45) is 0. The van der Waals surface area contributed by atoms with Crippen molar-refractivity contribution in [1.82, 2.24) is 4.90 Å². The monoisotopic (exact) mass is 186 g/mol. The van der Waals surface area contributed by atoms with Crippen LogP contribution in [0.25, 0.3) is 0 Å². The Hall–Kier alpha value is -0.610. The number of carbonyl (C=O) groups is 1. The average Bonchev–Trinajstić information content (AvgIpc) is 2.45.